The largest absolute Gasteiger partial charge is 0.464 e. The number of anilines is 1. The minimum Gasteiger partial charge on any atom is -0.464 e. The summed E-state index contributed by atoms with van der Waals surface area (Å²) in [5.41, 5.74) is 5.41. The lowest BCUT2D eigenvalue weighted by Crippen LogP contribution is -2.14. The monoisotopic (exact) mass is 341 g/mol. The van der Waals surface area contributed by atoms with E-state index in [2.05, 4.69) is 35.6 Å². The predicted octanol–water partition coefficient (Wildman–Crippen LogP) is 5.26. The van der Waals surface area contributed by atoms with Crippen LogP contribution in [0.1, 0.15) is 23.1 Å². The van der Waals surface area contributed by atoms with E-state index in [4.69, 9.17) is 4.42 Å². The van der Waals surface area contributed by atoms with E-state index in [1.165, 1.54) is 17.5 Å². The van der Waals surface area contributed by atoms with Crippen molar-refractivity contribution >= 4 is 33.3 Å². The summed E-state index contributed by atoms with van der Waals surface area (Å²) in [6, 6.07) is 18.5. The average Bonchev–Trinajstić information content (AvgIpc) is 3.28. The molecule has 0 unspecified atom stereocenters. The van der Waals surface area contributed by atoms with Crippen molar-refractivity contribution in [1.82, 2.24) is 0 Å². The lowest BCUT2D eigenvalue weighted by molar-refractivity contribution is -0.115. The van der Waals surface area contributed by atoms with Crippen LogP contribution in [0.3, 0.4) is 0 Å². The van der Waals surface area contributed by atoms with E-state index in [0.717, 1.165) is 45.8 Å². The third-order valence-electron chi connectivity index (χ3n) is 5.27. The highest BCUT2D eigenvalue weighted by atomic mass is 16.3. The second-order valence-electron chi connectivity index (χ2n) is 6.98. The second kappa shape index (κ2) is 6.03. The topological polar surface area (TPSA) is 42.2 Å². The Morgan fingerprint density at radius 3 is 2.85 bits per heavy atom. The smallest absolute Gasteiger partial charge is 0.228 e. The molecule has 1 N–H and O–H groups in total. The number of amides is 1. The zero-order valence-electron chi connectivity index (χ0n) is 14.4. The molecule has 1 aromatic heterocycles. The van der Waals surface area contributed by atoms with Crippen molar-refractivity contribution < 1.29 is 9.21 Å². The summed E-state index contributed by atoms with van der Waals surface area (Å²) in [6.07, 6.45) is 5.48. The summed E-state index contributed by atoms with van der Waals surface area (Å²) in [7, 11) is 0. The van der Waals surface area contributed by atoms with E-state index in [-0.39, 0.29) is 5.91 Å². The molecule has 5 rings (SSSR count). The fourth-order valence-corrected chi connectivity index (χ4v) is 4.03. The lowest BCUT2D eigenvalue weighted by atomic mass is 10.0. The second-order valence-corrected chi connectivity index (χ2v) is 6.98. The maximum absolute atomic E-state index is 12.6. The molecule has 0 bridgehead atoms. The van der Waals surface area contributed by atoms with Gasteiger partial charge in [-0.05, 0) is 59.4 Å². The lowest BCUT2D eigenvalue weighted by Gasteiger charge is -2.07. The van der Waals surface area contributed by atoms with Crippen LogP contribution in [0.15, 0.2) is 65.3 Å². The number of fused-ring (bicyclic) bond motifs is 4. The van der Waals surface area contributed by atoms with Gasteiger partial charge in [0, 0.05) is 16.6 Å². The number of hydrogen-bond donors (Lipinski definition) is 1. The molecule has 0 aliphatic heterocycles. The Balaban J connectivity index is 1.44. The van der Waals surface area contributed by atoms with Crippen LogP contribution in [0.4, 0.5) is 5.69 Å². The van der Waals surface area contributed by atoms with E-state index in [1.807, 2.05) is 24.3 Å². The fraction of sp³-hybridized carbons (Fsp3) is 0.174. The predicted molar refractivity (Wildman–Crippen MR) is 105 cm³/mol. The Morgan fingerprint density at radius 1 is 1.00 bits per heavy atom. The number of benzene rings is 3. The number of hydrogen-bond acceptors (Lipinski definition) is 2. The molecule has 3 aromatic carbocycles. The van der Waals surface area contributed by atoms with Crippen LogP contribution < -0.4 is 5.32 Å². The molecular formula is C23H19NO2. The van der Waals surface area contributed by atoms with Crippen molar-refractivity contribution in [3.05, 3.63) is 77.6 Å². The zero-order valence-corrected chi connectivity index (χ0v) is 14.4. The molecule has 1 heterocycles. The van der Waals surface area contributed by atoms with Crippen molar-refractivity contribution in [3.8, 4) is 0 Å². The van der Waals surface area contributed by atoms with Crippen LogP contribution in [0.2, 0.25) is 0 Å². The van der Waals surface area contributed by atoms with Crippen LogP contribution in [-0.2, 0) is 24.1 Å². The molecule has 0 saturated heterocycles. The van der Waals surface area contributed by atoms with Gasteiger partial charge in [0.05, 0.1) is 12.7 Å². The number of furan rings is 1. The normalized spacial score (nSPS) is 13.2. The van der Waals surface area contributed by atoms with Gasteiger partial charge in [-0.25, -0.2) is 0 Å². The molecule has 3 nitrogen and oxygen atoms in total. The third kappa shape index (κ3) is 2.57. The first-order valence-electron chi connectivity index (χ1n) is 9.07. The van der Waals surface area contributed by atoms with Gasteiger partial charge in [-0.2, -0.15) is 0 Å². The molecule has 0 fully saturated rings. The summed E-state index contributed by atoms with van der Waals surface area (Å²) in [4.78, 5) is 12.6. The van der Waals surface area contributed by atoms with Crippen molar-refractivity contribution in [1.29, 1.82) is 0 Å². The number of carbonyl (C=O) groups excluding carboxylic acids is 1. The first-order valence-corrected chi connectivity index (χ1v) is 9.07. The molecule has 4 aromatic rings. The molecule has 0 atom stereocenters. The Bertz CT molecular complexity index is 1140. The summed E-state index contributed by atoms with van der Waals surface area (Å²) in [5, 5.41) is 6.36. The Kier molecular flexibility index (Phi) is 3.52. The third-order valence-corrected chi connectivity index (χ3v) is 5.27. The highest BCUT2D eigenvalue weighted by Gasteiger charge is 2.15. The SMILES string of the molecule is O=C(Cc1coc2ccc3ccccc3c12)Nc1ccc2c(c1)CCC2. The van der Waals surface area contributed by atoms with Crippen molar-refractivity contribution in [2.24, 2.45) is 0 Å². The van der Waals surface area contributed by atoms with Gasteiger partial charge >= 0.3 is 0 Å². The number of carbonyl (C=O) groups is 1. The van der Waals surface area contributed by atoms with E-state index >= 15 is 0 Å². The van der Waals surface area contributed by atoms with Crippen molar-refractivity contribution in [3.63, 3.8) is 0 Å². The summed E-state index contributed by atoms with van der Waals surface area (Å²) >= 11 is 0. The van der Waals surface area contributed by atoms with Gasteiger partial charge < -0.3 is 9.73 Å². The average molecular weight is 341 g/mol. The molecule has 128 valence electrons. The molecule has 26 heavy (non-hydrogen) atoms. The Morgan fingerprint density at radius 2 is 1.88 bits per heavy atom. The van der Waals surface area contributed by atoms with Gasteiger partial charge in [0.25, 0.3) is 0 Å². The highest BCUT2D eigenvalue weighted by Crippen LogP contribution is 2.30. The molecule has 3 heteroatoms. The number of aryl methyl sites for hydroxylation is 2. The first kappa shape index (κ1) is 15.2. The summed E-state index contributed by atoms with van der Waals surface area (Å²) in [6.45, 7) is 0. The molecule has 1 aliphatic rings. The van der Waals surface area contributed by atoms with Gasteiger partial charge in [0.2, 0.25) is 5.91 Å². The van der Waals surface area contributed by atoms with Gasteiger partial charge in [0.1, 0.15) is 5.58 Å². The molecular weight excluding hydrogens is 322 g/mol. The van der Waals surface area contributed by atoms with Crippen molar-refractivity contribution in [2.75, 3.05) is 5.32 Å². The standard InChI is InChI=1S/C23H19NO2/c25-22(24-19-10-8-15-5-3-6-17(15)12-19)13-18-14-26-21-11-9-16-4-1-2-7-20(16)23(18)21/h1-2,4,7-12,14H,3,5-6,13H2,(H,24,25). The van der Waals surface area contributed by atoms with Crippen LogP contribution in [0, 0.1) is 0 Å². The van der Waals surface area contributed by atoms with Crippen LogP contribution in [-0.4, -0.2) is 5.91 Å². The maximum atomic E-state index is 12.6. The van der Waals surface area contributed by atoms with E-state index in [0.29, 0.717) is 6.42 Å². The summed E-state index contributed by atoms with van der Waals surface area (Å²) in [5.74, 6) is -0.0152. The maximum Gasteiger partial charge on any atom is 0.228 e. The van der Waals surface area contributed by atoms with Gasteiger partial charge in [-0.1, -0.05) is 36.4 Å². The van der Waals surface area contributed by atoms with Gasteiger partial charge in [0.15, 0.2) is 0 Å². The van der Waals surface area contributed by atoms with E-state index in [1.54, 1.807) is 6.26 Å². The molecule has 1 aliphatic carbocycles. The van der Waals surface area contributed by atoms with Gasteiger partial charge in [-0.15, -0.1) is 0 Å². The van der Waals surface area contributed by atoms with E-state index in [9.17, 15) is 4.79 Å². The minimum absolute atomic E-state index is 0.0152. The molecule has 0 radical (unpaired) electrons. The summed E-state index contributed by atoms with van der Waals surface area (Å²) < 4.78 is 5.69. The number of rotatable bonds is 3. The highest BCUT2D eigenvalue weighted by molar-refractivity contribution is 6.09. The van der Waals surface area contributed by atoms with E-state index < -0.39 is 0 Å². The first-order chi connectivity index (χ1) is 12.8. The Labute approximate surface area is 151 Å². The zero-order chi connectivity index (χ0) is 17.5. The van der Waals surface area contributed by atoms with Gasteiger partial charge in [-0.3, -0.25) is 4.79 Å². The van der Waals surface area contributed by atoms with Crippen LogP contribution in [0.25, 0.3) is 21.7 Å². The quantitative estimate of drug-likeness (QED) is 0.552. The molecule has 1 amide bonds. The Hall–Kier alpha value is -3.07. The van der Waals surface area contributed by atoms with Crippen LogP contribution in [0.5, 0.6) is 0 Å². The molecule has 0 saturated carbocycles. The minimum atomic E-state index is -0.0152. The number of nitrogens with one attached hydrogen (secondary N) is 1. The van der Waals surface area contributed by atoms with Crippen LogP contribution >= 0.6 is 0 Å². The fourth-order valence-electron chi connectivity index (χ4n) is 4.03. The molecule has 0 spiro atoms. The van der Waals surface area contributed by atoms with Crippen molar-refractivity contribution in [2.45, 2.75) is 25.7 Å².